The lowest BCUT2D eigenvalue weighted by Gasteiger charge is -2.26. The van der Waals surface area contributed by atoms with E-state index in [4.69, 9.17) is 4.74 Å². The van der Waals surface area contributed by atoms with E-state index in [-0.39, 0.29) is 0 Å². The van der Waals surface area contributed by atoms with Gasteiger partial charge in [-0.3, -0.25) is 9.69 Å². The van der Waals surface area contributed by atoms with E-state index >= 15 is 0 Å². The summed E-state index contributed by atoms with van der Waals surface area (Å²) in [5.41, 5.74) is 0. The molecule has 1 amide bonds. The summed E-state index contributed by atoms with van der Waals surface area (Å²) in [6.45, 7) is 7.01. The molecule has 2 aliphatic rings. The standard InChI is InChI=1S/C12H22N2O2/c15-12-4-3-7-14(12)6-2-1-5-13-8-10-16-11-9-13/h1-11H2. The van der Waals surface area contributed by atoms with Crippen LogP contribution < -0.4 is 0 Å². The lowest BCUT2D eigenvalue weighted by Crippen LogP contribution is -2.37. The molecule has 4 heteroatoms. The summed E-state index contributed by atoms with van der Waals surface area (Å²) in [5.74, 6) is 0.353. The molecule has 2 fully saturated rings. The predicted molar refractivity (Wildman–Crippen MR) is 62.3 cm³/mol. The molecule has 16 heavy (non-hydrogen) atoms. The van der Waals surface area contributed by atoms with E-state index in [1.54, 1.807) is 0 Å². The SMILES string of the molecule is O=C1CCCN1CCCCN1CCOCC1. The Bertz CT molecular complexity index is 227. The highest BCUT2D eigenvalue weighted by Crippen LogP contribution is 2.10. The molecular formula is C12H22N2O2. The molecule has 0 aliphatic carbocycles. The van der Waals surface area contributed by atoms with Crippen molar-refractivity contribution in [3.63, 3.8) is 0 Å². The molecular weight excluding hydrogens is 204 g/mol. The molecule has 2 heterocycles. The van der Waals surface area contributed by atoms with Crippen LogP contribution in [0.4, 0.5) is 0 Å². The van der Waals surface area contributed by atoms with Crippen molar-refractivity contribution >= 4 is 5.91 Å². The van der Waals surface area contributed by atoms with Gasteiger partial charge in [0.15, 0.2) is 0 Å². The molecule has 2 saturated heterocycles. The van der Waals surface area contributed by atoms with Crippen LogP contribution in [-0.4, -0.2) is 61.6 Å². The monoisotopic (exact) mass is 226 g/mol. The summed E-state index contributed by atoms with van der Waals surface area (Å²) in [6, 6.07) is 0. The zero-order valence-electron chi connectivity index (χ0n) is 9.99. The van der Waals surface area contributed by atoms with Gasteiger partial charge in [-0.1, -0.05) is 0 Å². The Morgan fingerprint density at radius 1 is 1.06 bits per heavy atom. The molecule has 0 aromatic heterocycles. The summed E-state index contributed by atoms with van der Waals surface area (Å²) in [6.07, 6.45) is 4.17. The van der Waals surface area contributed by atoms with E-state index in [1.165, 1.54) is 6.42 Å². The first-order valence-electron chi connectivity index (χ1n) is 6.44. The molecule has 2 rings (SSSR count). The van der Waals surface area contributed by atoms with Crippen LogP contribution in [0.3, 0.4) is 0 Å². The molecule has 0 bridgehead atoms. The first-order valence-corrected chi connectivity index (χ1v) is 6.44. The third-order valence-corrected chi connectivity index (χ3v) is 3.43. The fourth-order valence-corrected chi connectivity index (χ4v) is 2.40. The average Bonchev–Trinajstić information content (AvgIpc) is 2.72. The van der Waals surface area contributed by atoms with Crippen molar-refractivity contribution in [1.82, 2.24) is 9.80 Å². The van der Waals surface area contributed by atoms with E-state index < -0.39 is 0 Å². The molecule has 0 aromatic carbocycles. The summed E-state index contributed by atoms with van der Waals surface area (Å²) in [4.78, 5) is 15.8. The van der Waals surface area contributed by atoms with Gasteiger partial charge in [-0.2, -0.15) is 0 Å². The number of nitrogens with zero attached hydrogens (tertiary/aromatic N) is 2. The third-order valence-electron chi connectivity index (χ3n) is 3.43. The molecule has 0 atom stereocenters. The number of hydrogen-bond acceptors (Lipinski definition) is 3. The maximum absolute atomic E-state index is 11.4. The normalized spacial score (nSPS) is 23.0. The lowest BCUT2D eigenvalue weighted by atomic mass is 10.2. The number of ether oxygens (including phenoxy) is 1. The number of unbranched alkanes of at least 4 members (excludes halogenated alkanes) is 1. The summed E-state index contributed by atoms with van der Waals surface area (Å²) >= 11 is 0. The summed E-state index contributed by atoms with van der Waals surface area (Å²) in [5, 5.41) is 0. The van der Waals surface area contributed by atoms with Gasteiger partial charge in [0.1, 0.15) is 0 Å². The largest absolute Gasteiger partial charge is 0.379 e. The van der Waals surface area contributed by atoms with Crippen molar-refractivity contribution in [1.29, 1.82) is 0 Å². The van der Waals surface area contributed by atoms with Crippen LogP contribution in [0.15, 0.2) is 0 Å². The third kappa shape index (κ3) is 3.46. The Morgan fingerprint density at radius 2 is 1.81 bits per heavy atom. The molecule has 0 unspecified atom stereocenters. The summed E-state index contributed by atoms with van der Waals surface area (Å²) in [7, 11) is 0. The minimum absolute atomic E-state index is 0.353. The first-order chi connectivity index (χ1) is 7.86. The van der Waals surface area contributed by atoms with Gasteiger partial charge >= 0.3 is 0 Å². The molecule has 4 nitrogen and oxygen atoms in total. The quantitative estimate of drug-likeness (QED) is 0.648. The van der Waals surface area contributed by atoms with Crippen molar-refractivity contribution in [2.24, 2.45) is 0 Å². The Balaban J connectivity index is 1.52. The minimum Gasteiger partial charge on any atom is -0.379 e. The van der Waals surface area contributed by atoms with Gasteiger partial charge in [0.05, 0.1) is 13.2 Å². The van der Waals surface area contributed by atoms with Gasteiger partial charge in [0, 0.05) is 32.6 Å². The number of morpholine rings is 1. The topological polar surface area (TPSA) is 32.8 Å². The van der Waals surface area contributed by atoms with E-state index in [0.29, 0.717) is 5.91 Å². The highest BCUT2D eigenvalue weighted by atomic mass is 16.5. The molecule has 92 valence electrons. The molecule has 0 saturated carbocycles. The van der Waals surface area contributed by atoms with Crippen LogP contribution in [0, 0.1) is 0 Å². The van der Waals surface area contributed by atoms with Crippen LogP contribution in [0.5, 0.6) is 0 Å². The molecule has 2 aliphatic heterocycles. The fraction of sp³-hybridized carbons (Fsp3) is 0.917. The molecule has 0 radical (unpaired) electrons. The maximum atomic E-state index is 11.4. The maximum Gasteiger partial charge on any atom is 0.222 e. The van der Waals surface area contributed by atoms with Gasteiger partial charge < -0.3 is 9.64 Å². The number of amides is 1. The second-order valence-corrected chi connectivity index (χ2v) is 4.65. The predicted octanol–water partition coefficient (Wildman–Crippen LogP) is 0.721. The number of carbonyl (C=O) groups is 1. The van der Waals surface area contributed by atoms with E-state index in [0.717, 1.165) is 65.2 Å². The van der Waals surface area contributed by atoms with Crippen LogP contribution in [0.25, 0.3) is 0 Å². The Hall–Kier alpha value is -0.610. The highest BCUT2D eigenvalue weighted by molar-refractivity contribution is 5.77. The van der Waals surface area contributed by atoms with Crippen molar-refractivity contribution in [2.75, 3.05) is 45.9 Å². The summed E-state index contributed by atoms with van der Waals surface area (Å²) < 4.78 is 5.31. The Labute approximate surface area is 97.5 Å². The fourth-order valence-electron chi connectivity index (χ4n) is 2.40. The molecule has 0 N–H and O–H groups in total. The molecule has 0 spiro atoms. The highest BCUT2D eigenvalue weighted by Gasteiger charge is 2.19. The van der Waals surface area contributed by atoms with Crippen molar-refractivity contribution in [2.45, 2.75) is 25.7 Å². The van der Waals surface area contributed by atoms with Crippen LogP contribution in [-0.2, 0) is 9.53 Å². The Morgan fingerprint density at radius 3 is 2.50 bits per heavy atom. The number of likely N-dealkylation sites (tertiary alicyclic amines) is 1. The van der Waals surface area contributed by atoms with Crippen molar-refractivity contribution < 1.29 is 9.53 Å². The van der Waals surface area contributed by atoms with Crippen molar-refractivity contribution in [3.05, 3.63) is 0 Å². The van der Waals surface area contributed by atoms with Gasteiger partial charge in [-0.15, -0.1) is 0 Å². The second-order valence-electron chi connectivity index (χ2n) is 4.65. The Kier molecular flexibility index (Phi) is 4.60. The average molecular weight is 226 g/mol. The lowest BCUT2D eigenvalue weighted by molar-refractivity contribution is -0.127. The number of carbonyl (C=O) groups excluding carboxylic acids is 1. The smallest absolute Gasteiger partial charge is 0.222 e. The van der Waals surface area contributed by atoms with E-state index in [1.807, 2.05) is 4.90 Å². The number of rotatable bonds is 5. The van der Waals surface area contributed by atoms with E-state index in [9.17, 15) is 4.79 Å². The minimum atomic E-state index is 0.353. The zero-order valence-corrected chi connectivity index (χ0v) is 9.99. The van der Waals surface area contributed by atoms with Gasteiger partial charge in [0.2, 0.25) is 5.91 Å². The van der Waals surface area contributed by atoms with Crippen LogP contribution >= 0.6 is 0 Å². The first kappa shape index (κ1) is 11.9. The molecule has 0 aromatic rings. The van der Waals surface area contributed by atoms with Crippen molar-refractivity contribution in [3.8, 4) is 0 Å². The zero-order chi connectivity index (χ0) is 11.2. The van der Waals surface area contributed by atoms with E-state index in [2.05, 4.69) is 4.90 Å². The van der Waals surface area contributed by atoms with Gasteiger partial charge in [0.25, 0.3) is 0 Å². The number of hydrogen-bond donors (Lipinski definition) is 0. The van der Waals surface area contributed by atoms with Crippen LogP contribution in [0.1, 0.15) is 25.7 Å². The van der Waals surface area contributed by atoms with Gasteiger partial charge in [-0.25, -0.2) is 0 Å². The van der Waals surface area contributed by atoms with Crippen LogP contribution in [0.2, 0.25) is 0 Å². The van der Waals surface area contributed by atoms with Gasteiger partial charge in [-0.05, 0) is 25.8 Å². The second kappa shape index (κ2) is 6.21.